The second-order valence-electron chi connectivity index (χ2n) is 6.58. The molecule has 22 heavy (non-hydrogen) atoms. The smallest absolute Gasteiger partial charge is 0.241 e. The van der Waals surface area contributed by atoms with Crippen LogP contribution in [0.25, 0.3) is 0 Å². The van der Waals surface area contributed by atoms with Crippen LogP contribution in [0.15, 0.2) is 24.3 Å². The number of rotatable bonds is 8. The molecule has 2 rings (SSSR count). The van der Waals surface area contributed by atoms with E-state index in [1.807, 2.05) is 44.1 Å². The van der Waals surface area contributed by atoms with Crippen LogP contribution < -0.4 is 5.32 Å². The Kier molecular flexibility index (Phi) is 5.59. The van der Waals surface area contributed by atoms with Crippen molar-refractivity contribution in [1.29, 1.82) is 0 Å². The summed E-state index contributed by atoms with van der Waals surface area (Å²) in [7, 11) is 3.90. The second kappa shape index (κ2) is 7.25. The van der Waals surface area contributed by atoms with E-state index in [4.69, 9.17) is 4.74 Å². The number of nitrogens with one attached hydrogen (secondary N) is 1. The molecule has 122 valence electrons. The number of amides is 1. The van der Waals surface area contributed by atoms with Gasteiger partial charge in [-0.3, -0.25) is 9.69 Å². The summed E-state index contributed by atoms with van der Waals surface area (Å²) < 4.78 is 5.54. The highest BCUT2D eigenvalue weighted by Gasteiger charge is 2.43. The van der Waals surface area contributed by atoms with Gasteiger partial charge in [0.1, 0.15) is 6.04 Å². The maximum Gasteiger partial charge on any atom is 0.241 e. The zero-order valence-corrected chi connectivity index (χ0v) is 14.2. The second-order valence-corrected chi connectivity index (χ2v) is 6.58. The van der Waals surface area contributed by atoms with Crippen LogP contribution in [0, 0.1) is 12.3 Å². The lowest BCUT2D eigenvalue weighted by atomic mass is 9.99. The van der Waals surface area contributed by atoms with Crippen molar-refractivity contribution in [2.24, 2.45) is 5.41 Å². The molecule has 1 aliphatic rings. The Balaban J connectivity index is 2.01. The number of ether oxygens (including phenoxy) is 1. The van der Waals surface area contributed by atoms with E-state index in [0.29, 0.717) is 6.54 Å². The monoisotopic (exact) mass is 304 g/mol. The molecule has 4 nitrogen and oxygen atoms in total. The lowest BCUT2D eigenvalue weighted by molar-refractivity contribution is -0.126. The van der Waals surface area contributed by atoms with Gasteiger partial charge in [0.2, 0.25) is 5.91 Å². The van der Waals surface area contributed by atoms with Gasteiger partial charge in [-0.15, -0.1) is 0 Å². The van der Waals surface area contributed by atoms with Gasteiger partial charge in [-0.2, -0.15) is 0 Å². The minimum absolute atomic E-state index is 0.0714. The molecule has 0 aromatic heterocycles. The van der Waals surface area contributed by atoms with Crippen molar-refractivity contribution in [2.45, 2.75) is 32.7 Å². The molecule has 0 spiro atoms. The van der Waals surface area contributed by atoms with Crippen LogP contribution in [0.2, 0.25) is 0 Å². The summed E-state index contributed by atoms with van der Waals surface area (Å²) in [6.45, 7) is 6.26. The maximum absolute atomic E-state index is 12.7. The zero-order valence-electron chi connectivity index (χ0n) is 14.2. The predicted octanol–water partition coefficient (Wildman–Crippen LogP) is 2.53. The molecule has 1 atom stereocenters. The number of likely N-dealkylation sites (N-methyl/N-ethyl adjacent to an activating group) is 1. The third kappa shape index (κ3) is 4.08. The van der Waals surface area contributed by atoms with Gasteiger partial charge in [-0.25, -0.2) is 0 Å². The van der Waals surface area contributed by atoms with Gasteiger partial charge in [-0.1, -0.05) is 24.3 Å². The SMILES string of the molecule is CCOCC1(CNC(=O)[C@H](c2ccccc2C)N(C)C)CC1. The molecule has 0 bridgehead atoms. The van der Waals surface area contributed by atoms with Crippen molar-refractivity contribution in [3.05, 3.63) is 35.4 Å². The minimum Gasteiger partial charge on any atom is -0.381 e. The van der Waals surface area contributed by atoms with Gasteiger partial charge >= 0.3 is 0 Å². The molecular weight excluding hydrogens is 276 g/mol. The van der Waals surface area contributed by atoms with Crippen molar-refractivity contribution in [3.8, 4) is 0 Å². The molecule has 1 aromatic rings. The topological polar surface area (TPSA) is 41.6 Å². The average molecular weight is 304 g/mol. The molecule has 0 aliphatic heterocycles. The zero-order chi connectivity index (χ0) is 16.2. The van der Waals surface area contributed by atoms with Crippen LogP contribution in [0.3, 0.4) is 0 Å². The molecule has 1 aromatic carbocycles. The molecule has 1 fully saturated rings. The van der Waals surface area contributed by atoms with Crippen molar-refractivity contribution >= 4 is 5.91 Å². The largest absolute Gasteiger partial charge is 0.381 e. The molecule has 0 unspecified atom stereocenters. The molecule has 1 N–H and O–H groups in total. The average Bonchev–Trinajstić information content (AvgIpc) is 3.25. The highest BCUT2D eigenvalue weighted by atomic mass is 16.5. The van der Waals surface area contributed by atoms with Gasteiger partial charge in [0.15, 0.2) is 0 Å². The van der Waals surface area contributed by atoms with Crippen molar-refractivity contribution in [2.75, 3.05) is 33.9 Å². The fraction of sp³-hybridized carbons (Fsp3) is 0.611. The van der Waals surface area contributed by atoms with Crippen molar-refractivity contribution in [3.63, 3.8) is 0 Å². The van der Waals surface area contributed by atoms with Gasteiger partial charge in [0, 0.05) is 18.6 Å². The fourth-order valence-corrected chi connectivity index (χ4v) is 2.79. The molecule has 0 heterocycles. The number of carbonyl (C=O) groups is 1. The maximum atomic E-state index is 12.7. The molecule has 1 saturated carbocycles. The summed E-state index contributed by atoms with van der Waals surface area (Å²) in [5, 5.41) is 3.14. The Morgan fingerprint density at radius 3 is 2.59 bits per heavy atom. The number of aryl methyl sites for hydroxylation is 1. The number of hydrogen-bond donors (Lipinski definition) is 1. The van der Waals surface area contributed by atoms with E-state index in [9.17, 15) is 4.79 Å². The third-order valence-electron chi connectivity index (χ3n) is 4.45. The highest BCUT2D eigenvalue weighted by molar-refractivity contribution is 5.83. The molecule has 0 saturated heterocycles. The first-order chi connectivity index (χ1) is 10.5. The lowest BCUT2D eigenvalue weighted by Crippen LogP contribution is -2.40. The van der Waals surface area contributed by atoms with Crippen molar-refractivity contribution < 1.29 is 9.53 Å². The first-order valence-corrected chi connectivity index (χ1v) is 8.06. The predicted molar refractivity (Wildman–Crippen MR) is 88.8 cm³/mol. The van der Waals surface area contributed by atoms with E-state index < -0.39 is 0 Å². The summed E-state index contributed by atoms with van der Waals surface area (Å²) in [5.74, 6) is 0.0714. The van der Waals surface area contributed by atoms with Gasteiger partial charge in [0.05, 0.1) is 6.61 Å². The molecule has 1 amide bonds. The summed E-state index contributed by atoms with van der Waals surface area (Å²) >= 11 is 0. The molecule has 4 heteroatoms. The third-order valence-corrected chi connectivity index (χ3v) is 4.45. The van der Waals surface area contributed by atoms with E-state index in [1.54, 1.807) is 0 Å². The normalized spacial score (nSPS) is 17.3. The van der Waals surface area contributed by atoms with E-state index in [0.717, 1.165) is 37.2 Å². The van der Waals surface area contributed by atoms with Crippen molar-refractivity contribution in [1.82, 2.24) is 10.2 Å². The van der Waals surface area contributed by atoms with E-state index in [-0.39, 0.29) is 17.4 Å². The number of carbonyl (C=O) groups excluding carboxylic acids is 1. The minimum atomic E-state index is -0.246. The Labute approximate surface area is 133 Å². The van der Waals surface area contributed by atoms with E-state index >= 15 is 0 Å². The number of benzene rings is 1. The van der Waals surface area contributed by atoms with Gasteiger partial charge < -0.3 is 10.1 Å². The number of nitrogens with zero attached hydrogens (tertiary/aromatic N) is 1. The molecule has 1 aliphatic carbocycles. The van der Waals surface area contributed by atoms with Crippen LogP contribution in [-0.4, -0.2) is 44.7 Å². The lowest BCUT2D eigenvalue weighted by Gasteiger charge is -2.26. The Hall–Kier alpha value is -1.39. The number of hydrogen-bond acceptors (Lipinski definition) is 3. The first-order valence-electron chi connectivity index (χ1n) is 8.06. The van der Waals surface area contributed by atoms with Gasteiger partial charge in [-0.05, 0) is 51.9 Å². The van der Waals surface area contributed by atoms with Crippen LogP contribution >= 0.6 is 0 Å². The Bertz CT molecular complexity index is 510. The Morgan fingerprint density at radius 2 is 2.05 bits per heavy atom. The Morgan fingerprint density at radius 1 is 1.36 bits per heavy atom. The fourth-order valence-electron chi connectivity index (χ4n) is 2.79. The summed E-state index contributed by atoms with van der Waals surface area (Å²) in [5.41, 5.74) is 2.39. The van der Waals surface area contributed by atoms with E-state index in [1.165, 1.54) is 0 Å². The first kappa shape index (κ1) is 17.0. The van der Waals surface area contributed by atoms with Crippen LogP contribution in [-0.2, 0) is 9.53 Å². The van der Waals surface area contributed by atoms with Crippen LogP contribution in [0.5, 0.6) is 0 Å². The summed E-state index contributed by atoms with van der Waals surface area (Å²) in [6, 6.07) is 7.83. The summed E-state index contributed by atoms with van der Waals surface area (Å²) in [4.78, 5) is 14.7. The molecular formula is C18H28N2O2. The quantitative estimate of drug-likeness (QED) is 0.802. The van der Waals surface area contributed by atoms with E-state index in [2.05, 4.69) is 18.3 Å². The standard InChI is InChI=1S/C18H28N2O2/c1-5-22-13-18(10-11-18)12-19-17(21)16(20(3)4)15-9-7-6-8-14(15)2/h6-9,16H,5,10-13H2,1-4H3,(H,19,21)/t16-/m0/s1. The molecule has 0 radical (unpaired) electrons. The van der Waals surface area contributed by atoms with Crippen LogP contribution in [0.4, 0.5) is 0 Å². The summed E-state index contributed by atoms with van der Waals surface area (Å²) in [6.07, 6.45) is 2.29. The van der Waals surface area contributed by atoms with Crippen LogP contribution in [0.1, 0.15) is 36.9 Å². The highest BCUT2D eigenvalue weighted by Crippen LogP contribution is 2.45. The van der Waals surface area contributed by atoms with Gasteiger partial charge in [0.25, 0.3) is 0 Å².